The highest BCUT2D eigenvalue weighted by molar-refractivity contribution is 7.80. The second-order valence-electron chi connectivity index (χ2n) is 3.89. The molecule has 0 aromatic carbocycles. The maximum absolute atomic E-state index is 5.59. The highest BCUT2D eigenvalue weighted by Gasteiger charge is 2.35. The van der Waals surface area contributed by atoms with Gasteiger partial charge in [-0.25, -0.2) is 0 Å². The molecule has 0 radical (unpaired) electrons. The molecular formula is C10H15NOS. The third-order valence-corrected chi connectivity index (χ3v) is 3.04. The molecule has 13 heavy (non-hydrogen) atoms. The van der Waals surface area contributed by atoms with Crippen LogP contribution in [0.3, 0.4) is 0 Å². The Kier molecular flexibility index (Phi) is 2.39. The minimum Gasteiger partial charge on any atom is -0.484 e. The van der Waals surface area contributed by atoms with Crippen LogP contribution in [0.1, 0.15) is 19.8 Å². The number of thiocarbonyl (C=S) groups is 1. The van der Waals surface area contributed by atoms with Crippen LogP contribution in [0.4, 0.5) is 0 Å². The predicted molar refractivity (Wildman–Crippen MR) is 56.9 cm³/mol. The lowest BCUT2D eigenvalue weighted by Gasteiger charge is -2.36. The standard InChI is InChI=1S/C10H15NOS/c1-7(13)12-10-5-8-3-4-9(6-10)11(8)2/h3-4,8-10H,5-6H2,1-2H3/t8-,9?,10?/m1/s1. The van der Waals surface area contributed by atoms with Gasteiger partial charge in [-0.1, -0.05) is 12.2 Å². The van der Waals surface area contributed by atoms with Crippen molar-refractivity contribution in [2.45, 2.75) is 38.0 Å². The molecule has 0 saturated carbocycles. The minimum atomic E-state index is 0.332. The van der Waals surface area contributed by atoms with Crippen LogP contribution < -0.4 is 0 Å². The minimum absolute atomic E-state index is 0.332. The molecule has 3 heteroatoms. The van der Waals surface area contributed by atoms with E-state index >= 15 is 0 Å². The fraction of sp³-hybridized carbons (Fsp3) is 0.700. The molecule has 1 saturated heterocycles. The van der Waals surface area contributed by atoms with Gasteiger partial charge in [0.1, 0.15) is 6.10 Å². The van der Waals surface area contributed by atoms with E-state index in [2.05, 4.69) is 24.1 Å². The summed E-state index contributed by atoms with van der Waals surface area (Å²) in [4.78, 5) is 2.40. The monoisotopic (exact) mass is 197 g/mol. The Morgan fingerprint density at radius 2 is 1.92 bits per heavy atom. The molecule has 0 aliphatic carbocycles. The first kappa shape index (κ1) is 9.16. The first-order chi connectivity index (χ1) is 6.16. The van der Waals surface area contributed by atoms with Gasteiger partial charge in [-0.05, 0) is 19.3 Å². The van der Waals surface area contributed by atoms with Crippen molar-refractivity contribution < 1.29 is 4.74 Å². The average Bonchev–Trinajstić information content (AvgIpc) is 2.33. The maximum atomic E-state index is 5.59. The van der Waals surface area contributed by atoms with Gasteiger partial charge in [0.25, 0.3) is 0 Å². The second-order valence-corrected chi connectivity index (χ2v) is 4.46. The van der Waals surface area contributed by atoms with Crippen molar-refractivity contribution in [3.8, 4) is 0 Å². The Labute approximate surface area is 84.6 Å². The zero-order chi connectivity index (χ0) is 9.42. The summed E-state index contributed by atoms with van der Waals surface area (Å²) >= 11 is 4.95. The Morgan fingerprint density at radius 1 is 1.38 bits per heavy atom. The van der Waals surface area contributed by atoms with E-state index in [-0.39, 0.29) is 0 Å². The molecular weight excluding hydrogens is 182 g/mol. The molecule has 0 aromatic rings. The van der Waals surface area contributed by atoms with Crippen LogP contribution in [0.5, 0.6) is 0 Å². The molecule has 2 rings (SSSR count). The zero-order valence-electron chi connectivity index (χ0n) is 8.06. The largest absolute Gasteiger partial charge is 0.484 e. The summed E-state index contributed by atoms with van der Waals surface area (Å²) < 4.78 is 5.59. The lowest BCUT2D eigenvalue weighted by Crippen LogP contribution is -2.43. The van der Waals surface area contributed by atoms with E-state index in [1.54, 1.807) is 0 Å². The van der Waals surface area contributed by atoms with Crippen molar-refractivity contribution in [2.75, 3.05) is 7.05 Å². The number of ether oxygens (including phenoxy) is 1. The van der Waals surface area contributed by atoms with E-state index in [1.807, 2.05) is 6.92 Å². The van der Waals surface area contributed by atoms with Crippen molar-refractivity contribution >= 4 is 17.3 Å². The van der Waals surface area contributed by atoms with Crippen LogP contribution in [0.2, 0.25) is 0 Å². The number of likely N-dealkylation sites (N-methyl/N-ethyl adjacent to an activating group) is 1. The van der Waals surface area contributed by atoms with Crippen LogP contribution in [0.25, 0.3) is 0 Å². The van der Waals surface area contributed by atoms with Crippen molar-refractivity contribution in [1.29, 1.82) is 0 Å². The first-order valence-corrected chi connectivity index (χ1v) is 5.15. The average molecular weight is 197 g/mol. The van der Waals surface area contributed by atoms with E-state index in [0.29, 0.717) is 23.2 Å². The molecule has 72 valence electrons. The van der Waals surface area contributed by atoms with Gasteiger partial charge in [-0.2, -0.15) is 0 Å². The second kappa shape index (κ2) is 3.39. The van der Waals surface area contributed by atoms with Crippen LogP contribution in [0, 0.1) is 0 Å². The van der Waals surface area contributed by atoms with Gasteiger partial charge >= 0.3 is 0 Å². The van der Waals surface area contributed by atoms with Crippen LogP contribution in [0.15, 0.2) is 12.2 Å². The third-order valence-electron chi connectivity index (χ3n) is 2.94. The van der Waals surface area contributed by atoms with Crippen molar-refractivity contribution in [2.24, 2.45) is 0 Å². The normalized spacial score (nSPS) is 37.8. The molecule has 3 atom stereocenters. The van der Waals surface area contributed by atoms with Gasteiger partial charge in [-0.15, -0.1) is 0 Å². The van der Waals surface area contributed by atoms with Gasteiger partial charge in [0.15, 0.2) is 5.05 Å². The Hall–Kier alpha value is -0.410. The molecule has 2 aliphatic rings. The Balaban J connectivity index is 1.97. The molecule has 0 N–H and O–H groups in total. The molecule has 2 nitrogen and oxygen atoms in total. The first-order valence-electron chi connectivity index (χ1n) is 4.74. The zero-order valence-corrected chi connectivity index (χ0v) is 8.88. The number of fused-ring (bicyclic) bond motifs is 2. The quantitative estimate of drug-likeness (QED) is 0.469. The highest BCUT2D eigenvalue weighted by Crippen LogP contribution is 2.30. The van der Waals surface area contributed by atoms with Crippen LogP contribution >= 0.6 is 12.2 Å². The van der Waals surface area contributed by atoms with E-state index in [9.17, 15) is 0 Å². The molecule has 2 heterocycles. The van der Waals surface area contributed by atoms with Gasteiger partial charge in [0.2, 0.25) is 0 Å². The fourth-order valence-electron chi connectivity index (χ4n) is 2.23. The molecule has 0 spiro atoms. The van der Waals surface area contributed by atoms with Gasteiger partial charge in [0, 0.05) is 31.8 Å². The number of rotatable bonds is 1. The van der Waals surface area contributed by atoms with E-state index in [1.165, 1.54) is 0 Å². The molecule has 2 bridgehead atoms. The van der Waals surface area contributed by atoms with Crippen molar-refractivity contribution in [3.63, 3.8) is 0 Å². The summed E-state index contributed by atoms with van der Waals surface area (Å²) in [7, 11) is 2.18. The Bertz CT molecular complexity index is 235. The summed E-state index contributed by atoms with van der Waals surface area (Å²) in [5.41, 5.74) is 0. The molecule has 2 aliphatic heterocycles. The summed E-state index contributed by atoms with van der Waals surface area (Å²) in [5, 5.41) is 0.675. The smallest absolute Gasteiger partial charge is 0.157 e. The molecule has 0 aromatic heterocycles. The summed E-state index contributed by atoms with van der Waals surface area (Å²) in [6, 6.07) is 1.14. The number of hydrogen-bond donors (Lipinski definition) is 0. The predicted octanol–water partition coefficient (Wildman–Crippen LogP) is 1.75. The summed E-state index contributed by atoms with van der Waals surface area (Å²) in [5.74, 6) is 0. The lowest BCUT2D eigenvalue weighted by molar-refractivity contribution is 0.0693. The fourth-order valence-corrected chi connectivity index (χ4v) is 2.37. The number of nitrogens with zero attached hydrogens (tertiary/aromatic N) is 1. The van der Waals surface area contributed by atoms with E-state index in [4.69, 9.17) is 17.0 Å². The number of hydrogen-bond acceptors (Lipinski definition) is 3. The topological polar surface area (TPSA) is 12.5 Å². The third kappa shape index (κ3) is 1.76. The van der Waals surface area contributed by atoms with Gasteiger partial charge in [0.05, 0.1) is 0 Å². The van der Waals surface area contributed by atoms with E-state index in [0.717, 1.165) is 12.8 Å². The van der Waals surface area contributed by atoms with Gasteiger partial charge in [-0.3, -0.25) is 4.90 Å². The van der Waals surface area contributed by atoms with Crippen molar-refractivity contribution in [3.05, 3.63) is 12.2 Å². The highest BCUT2D eigenvalue weighted by atomic mass is 32.1. The SMILES string of the molecule is CC(=S)OC1CC2C=C[C@H](C1)N2C. The molecule has 1 fully saturated rings. The lowest BCUT2D eigenvalue weighted by atomic mass is 9.99. The van der Waals surface area contributed by atoms with Crippen LogP contribution in [-0.4, -0.2) is 35.2 Å². The number of piperidine rings is 1. The molecule has 2 unspecified atom stereocenters. The summed E-state index contributed by atoms with van der Waals surface area (Å²) in [6.45, 7) is 1.85. The van der Waals surface area contributed by atoms with E-state index < -0.39 is 0 Å². The Morgan fingerprint density at radius 3 is 2.38 bits per heavy atom. The maximum Gasteiger partial charge on any atom is 0.157 e. The van der Waals surface area contributed by atoms with Crippen LogP contribution in [-0.2, 0) is 4.74 Å². The van der Waals surface area contributed by atoms with Gasteiger partial charge < -0.3 is 4.74 Å². The molecule has 0 amide bonds. The summed E-state index contributed by atoms with van der Waals surface area (Å²) in [6.07, 6.45) is 7.06. The van der Waals surface area contributed by atoms with Crippen molar-refractivity contribution in [1.82, 2.24) is 4.90 Å².